The number of imidazole rings is 1. The van der Waals surface area contributed by atoms with Crippen molar-refractivity contribution in [3.63, 3.8) is 0 Å². The molecule has 6 heteroatoms. The summed E-state index contributed by atoms with van der Waals surface area (Å²) in [5.74, 6) is 1.57. The summed E-state index contributed by atoms with van der Waals surface area (Å²) >= 11 is 0. The van der Waals surface area contributed by atoms with Gasteiger partial charge in [-0.1, -0.05) is 19.1 Å². The molecule has 0 radical (unpaired) electrons. The molecule has 124 valence electrons. The molecule has 1 aromatic carbocycles. The van der Waals surface area contributed by atoms with Gasteiger partial charge in [-0.25, -0.2) is 15.0 Å². The van der Waals surface area contributed by atoms with Crippen LogP contribution >= 0.6 is 0 Å². The van der Waals surface area contributed by atoms with Crippen molar-refractivity contribution < 1.29 is 0 Å². The summed E-state index contributed by atoms with van der Waals surface area (Å²) in [6.45, 7) is 2.13. The highest BCUT2D eigenvalue weighted by Gasteiger charge is 2.17. The van der Waals surface area contributed by atoms with Crippen LogP contribution in [0.4, 0.5) is 11.6 Å². The van der Waals surface area contributed by atoms with E-state index in [2.05, 4.69) is 41.2 Å². The lowest BCUT2D eigenvalue weighted by molar-refractivity contribution is 1.06. The molecule has 0 atom stereocenters. The van der Waals surface area contributed by atoms with Crippen LogP contribution in [0.1, 0.15) is 12.5 Å². The van der Waals surface area contributed by atoms with Gasteiger partial charge in [-0.2, -0.15) is 0 Å². The van der Waals surface area contributed by atoms with Gasteiger partial charge in [0.15, 0.2) is 11.5 Å². The second-order valence-corrected chi connectivity index (χ2v) is 5.81. The molecule has 6 nitrogen and oxygen atoms in total. The zero-order valence-electron chi connectivity index (χ0n) is 13.8. The number of hydrogen-bond donors (Lipinski definition) is 2. The van der Waals surface area contributed by atoms with Crippen molar-refractivity contribution in [1.29, 1.82) is 0 Å². The maximum absolute atomic E-state index is 6.09. The predicted octanol–water partition coefficient (Wildman–Crippen LogP) is 3.21. The van der Waals surface area contributed by atoms with Crippen molar-refractivity contribution >= 4 is 22.8 Å². The fourth-order valence-corrected chi connectivity index (χ4v) is 2.88. The molecule has 0 saturated heterocycles. The number of aromatic nitrogens is 4. The Morgan fingerprint density at radius 1 is 0.960 bits per heavy atom. The number of rotatable bonds is 3. The highest BCUT2D eigenvalue weighted by atomic mass is 15.1. The first-order valence-electron chi connectivity index (χ1n) is 8.12. The Balaban J connectivity index is 2.03. The highest BCUT2D eigenvalue weighted by Crippen LogP contribution is 2.30. The third-order valence-corrected chi connectivity index (χ3v) is 4.21. The monoisotopic (exact) mass is 330 g/mol. The van der Waals surface area contributed by atoms with Gasteiger partial charge >= 0.3 is 0 Å². The summed E-state index contributed by atoms with van der Waals surface area (Å²) in [5.41, 5.74) is 16.4. The van der Waals surface area contributed by atoms with Crippen LogP contribution in [-0.2, 0) is 6.42 Å². The average Bonchev–Trinajstić information content (AvgIpc) is 3.00. The number of benzene rings is 1. The second-order valence-electron chi connectivity index (χ2n) is 5.81. The van der Waals surface area contributed by atoms with Crippen LogP contribution in [0.3, 0.4) is 0 Å². The number of aryl methyl sites for hydroxylation is 1. The third-order valence-electron chi connectivity index (χ3n) is 4.21. The van der Waals surface area contributed by atoms with Crippen molar-refractivity contribution in [2.75, 3.05) is 11.5 Å². The second kappa shape index (κ2) is 5.90. The van der Waals surface area contributed by atoms with Gasteiger partial charge in [-0.05, 0) is 48.4 Å². The van der Waals surface area contributed by atoms with Crippen molar-refractivity contribution in [3.05, 3.63) is 60.3 Å². The van der Waals surface area contributed by atoms with Crippen molar-refractivity contribution in [3.8, 4) is 17.1 Å². The van der Waals surface area contributed by atoms with E-state index in [4.69, 9.17) is 16.5 Å². The first kappa shape index (κ1) is 15.1. The molecular formula is C19H18N6. The Kier molecular flexibility index (Phi) is 3.57. The minimum absolute atomic E-state index is 0.428. The van der Waals surface area contributed by atoms with E-state index in [1.54, 1.807) is 12.3 Å². The maximum atomic E-state index is 6.09. The van der Waals surface area contributed by atoms with Gasteiger partial charge in [-0.3, -0.25) is 4.57 Å². The van der Waals surface area contributed by atoms with Gasteiger partial charge in [0.05, 0.1) is 5.56 Å². The van der Waals surface area contributed by atoms with Gasteiger partial charge in [0.1, 0.15) is 17.2 Å². The molecule has 0 saturated carbocycles. The Labute approximate surface area is 145 Å². The molecule has 4 N–H and O–H groups in total. The molecule has 3 aromatic heterocycles. The molecule has 0 spiro atoms. The smallest absolute Gasteiger partial charge is 0.167 e. The zero-order valence-corrected chi connectivity index (χ0v) is 13.8. The predicted molar refractivity (Wildman–Crippen MR) is 100 cm³/mol. The van der Waals surface area contributed by atoms with E-state index in [0.717, 1.165) is 23.2 Å². The molecule has 0 aliphatic carbocycles. The molecule has 4 rings (SSSR count). The van der Waals surface area contributed by atoms with Crippen LogP contribution in [0.5, 0.6) is 0 Å². The number of nitrogens with zero attached hydrogens (tertiary/aromatic N) is 4. The first-order valence-corrected chi connectivity index (χ1v) is 8.12. The molecular weight excluding hydrogens is 312 g/mol. The van der Waals surface area contributed by atoms with Gasteiger partial charge in [-0.15, -0.1) is 0 Å². The number of pyridine rings is 2. The standard InChI is InChI=1S/C19H18N6/c1-2-12-5-7-13(8-6-12)25-18(14-4-3-11-22-17(14)21)23-15-9-10-16(20)24-19(15)25/h3-11H,2H2,1H3,(H2,20,24)(H2,21,22). The Morgan fingerprint density at radius 2 is 1.76 bits per heavy atom. The lowest BCUT2D eigenvalue weighted by Crippen LogP contribution is -2.02. The Bertz CT molecular complexity index is 1050. The molecule has 3 heterocycles. The summed E-state index contributed by atoms with van der Waals surface area (Å²) in [6, 6.07) is 15.7. The van der Waals surface area contributed by atoms with Crippen LogP contribution in [0.25, 0.3) is 28.2 Å². The van der Waals surface area contributed by atoms with Crippen molar-refractivity contribution in [2.24, 2.45) is 0 Å². The van der Waals surface area contributed by atoms with E-state index in [0.29, 0.717) is 23.1 Å². The SMILES string of the molecule is CCc1ccc(-n2c(-c3cccnc3N)nc3ccc(N)nc32)cc1. The number of nitrogen functional groups attached to an aromatic ring is 2. The van der Waals surface area contributed by atoms with Gasteiger partial charge < -0.3 is 11.5 Å². The lowest BCUT2D eigenvalue weighted by Gasteiger charge is -2.10. The fraction of sp³-hybridized carbons (Fsp3) is 0.105. The minimum atomic E-state index is 0.428. The Morgan fingerprint density at radius 3 is 2.48 bits per heavy atom. The molecule has 0 amide bonds. The number of nitrogens with two attached hydrogens (primary N) is 2. The van der Waals surface area contributed by atoms with Gasteiger partial charge in [0.25, 0.3) is 0 Å². The average molecular weight is 330 g/mol. The van der Waals surface area contributed by atoms with Crippen LogP contribution in [0.15, 0.2) is 54.7 Å². The van der Waals surface area contributed by atoms with Crippen molar-refractivity contribution in [2.45, 2.75) is 13.3 Å². The fourth-order valence-electron chi connectivity index (χ4n) is 2.88. The van der Waals surface area contributed by atoms with E-state index >= 15 is 0 Å². The molecule has 0 aliphatic heterocycles. The van der Waals surface area contributed by atoms with E-state index in [9.17, 15) is 0 Å². The largest absolute Gasteiger partial charge is 0.384 e. The lowest BCUT2D eigenvalue weighted by atomic mass is 10.1. The molecule has 0 bridgehead atoms. The van der Waals surface area contributed by atoms with Crippen LogP contribution in [0.2, 0.25) is 0 Å². The first-order chi connectivity index (χ1) is 12.2. The van der Waals surface area contributed by atoms with Gasteiger partial charge in [0.2, 0.25) is 0 Å². The third kappa shape index (κ3) is 2.57. The van der Waals surface area contributed by atoms with Gasteiger partial charge in [0, 0.05) is 11.9 Å². The number of hydrogen-bond acceptors (Lipinski definition) is 5. The summed E-state index contributed by atoms with van der Waals surface area (Å²) in [6.07, 6.45) is 2.65. The molecule has 0 aliphatic rings. The van der Waals surface area contributed by atoms with E-state index < -0.39 is 0 Å². The number of anilines is 2. The quantitative estimate of drug-likeness (QED) is 0.601. The van der Waals surface area contributed by atoms with E-state index in [1.807, 2.05) is 22.8 Å². The van der Waals surface area contributed by atoms with Crippen molar-refractivity contribution in [1.82, 2.24) is 19.5 Å². The minimum Gasteiger partial charge on any atom is -0.384 e. The number of fused-ring (bicyclic) bond motifs is 1. The van der Waals surface area contributed by atoms with Crippen LogP contribution in [-0.4, -0.2) is 19.5 Å². The maximum Gasteiger partial charge on any atom is 0.167 e. The summed E-state index contributed by atoms with van der Waals surface area (Å²) in [7, 11) is 0. The molecule has 0 unspecified atom stereocenters. The normalized spacial score (nSPS) is 11.1. The molecule has 4 aromatic rings. The summed E-state index contributed by atoms with van der Waals surface area (Å²) in [4.78, 5) is 13.4. The highest BCUT2D eigenvalue weighted by molar-refractivity contribution is 5.83. The van der Waals surface area contributed by atoms with Crippen LogP contribution in [0, 0.1) is 0 Å². The topological polar surface area (TPSA) is 95.6 Å². The van der Waals surface area contributed by atoms with E-state index in [1.165, 1.54) is 5.56 Å². The summed E-state index contributed by atoms with van der Waals surface area (Å²) in [5, 5.41) is 0. The molecule has 0 fully saturated rings. The van der Waals surface area contributed by atoms with E-state index in [-0.39, 0.29) is 0 Å². The zero-order chi connectivity index (χ0) is 17.4. The van der Waals surface area contributed by atoms with Crippen LogP contribution < -0.4 is 11.5 Å². The summed E-state index contributed by atoms with van der Waals surface area (Å²) < 4.78 is 1.97. The molecule has 25 heavy (non-hydrogen) atoms. The Hall–Kier alpha value is -3.41.